The highest BCUT2D eigenvalue weighted by Gasteiger charge is 2.27. The highest BCUT2D eigenvalue weighted by Crippen LogP contribution is 2.09. The standard InChI is InChI=1S/C17H30N4O6/c1-14(2)6-18-10-19(7-15(22)25-3)12-21(9-17(24)27-5)13-20(11-18)8-16(23)26-4/h1,6-13H2,2-5H3. The van der Waals surface area contributed by atoms with Crippen LogP contribution in [-0.2, 0) is 28.6 Å². The molecule has 10 heteroatoms. The first kappa shape index (κ1) is 23.0. The smallest absolute Gasteiger partial charge is 0.319 e. The van der Waals surface area contributed by atoms with E-state index in [2.05, 4.69) is 11.5 Å². The van der Waals surface area contributed by atoms with Crippen LogP contribution in [0.1, 0.15) is 6.92 Å². The van der Waals surface area contributed by atoms with Crippen LogP contribution in [0.3, 0.4) is 0 Å². The summed E-state index contributed by atoms with van der Waals surface area (Å²) in [6.45, 7) is 8.19. The average Bonchev–Trinajstić information content (AvgIpc) is 2.58. The molecule has 0 aromatic heterocycles. The van der Waals surface area contributed by atoms with Gasteiger partial charge in [0.1, 0.15) is 0 Å². The van der Waals surface area contributed by atoms with Gasteiger partial charge < -0.3 is 14.2 Å². The van der Waals surface area contributed by atoms with E-state index in [1.54, 1.807) is 4.90 Å². The number of ether oxygens (including phenoxy) is 3. The van der Waals surface area contributed by atoms with Gasteiger partial charge in [-0.15, -0.1) is 0 Å². The SMILES string of the molecule is C=C(C)CN1CN(CC(=O)OC)CN(CC(=O)OC)CN(CC(=O)OC)C1. The molecule has 0 radical (unpaired) electrons. The van der Waals surface area contributed by atoms with Crippen LogP contribution in [0.15, 0.2) is 12.2 Å². The van der Waals surface area contributed by atoms with Crippen LogP contribution >= 0.6 is 0 Å². The molecule has 0 bridgehead atoms. The Morgan fingerprint density at radius 3 is 1.15 bits per heavy atom. The minimum Gasteiger partial charge on any atom is -0.468 e. The lowest BCUT2D eigenvalue weighted by molar-refractivity contribution is -0.148. The number of rotatable bonds is 8. The normalized spacial score (nSPS) is 17.6. The fourth-order valence-corrected chi connectivity index (χ4v) is 2.83. The molecule has 0 aromatic rings. The van der Waals surface area contributed by atoms with Crippen molar-refractivity contribution >= 4 is 17.9 Å². The minimum atomic E-state index is -0.398. The van der Waals surface area contributed by atoms with Crippen LogP contribution in [-0.4, -0.2) is 112 Å². The molecule has 10 nitrogen and oxygen atoms in total. The van der Waals surface area contributed by atoms with Gasteiger partial charge in [-0.1, -0.05) is 12.2 Å². The van der Waals surface area contributed by atoms with E-state index in [0.29, 0.717) is 33.2 Å². The number of nitrogens with zero attached hydrogens (tertiary/aromatic N) is 4. The molecule has 0 aromatic carbocycles. The maximum Gasteiger partial charge on any atom is 0.319 e. The topological polar surface area (TPSA) is 91.9 Å². The van der Waals surface area contributed by atoms with Gasteiger partial charge in [-0.3, -0.25) is 34.0 Å². The monoisotopic (exact) mass is 386 g/mol. The molecule has 0 atom stereocenters. The quantitative estimate of drug-likeness (QED) is 0.298. The summed E-state index contributed by atoms with van der Waals surface area (Å²) >= 11 is 0. The van der Waals surface area contributed by atoms with E-state index in [0.717, 1.165) is 5.57 Å². The molecule has 1 aliphatic rings. The number of carbonyl (C=O) groups excluding carboxylic acids is 3. The number of esters is 3. The molecular formula is C17H30N4O6. The lowest BCUT2D eigenvalue weighted by Crippen LogP contribution is -2.57. The van der Waals surface area contributed by atoms with Gasteiger partial charge in [0.15, 0.2) is 0 Å². The summed E-state index contributed by atoms with van der Waals surface area (Å²) in [7, 11) is 3.99. The maximum atomic E-state index is 11.8. The molecule has 0 unspecified atom stereocenters. The summed E-state index contributed by atoms with van der Waals surface area (Å²) in [6, 6.07) is 0. The molecule has 0 saturated carbocycles. The summed E-state index contributed by atoms with van der Waals surface area (Å²) in [6.07, 6.45) is 0. The highest BCUT2D eigenvalue weighted by atomic mass is 16.5. The minimum absolute atomic E-state index is 0.0341. The number of carbonyl (C=O) groups is 3. The van der Waals surface area contributed by atoms with E-state index in [9.17, 15) is 14.4 Å². The Labute approximate surface area is 160 Å². The Morgan fingerprint density at radius 2 is 0.926 bits per heavy atom. The fraction of sp³-hybridized carbons (Fsp3) is 0.706. The number of methoxy groups -OCH3 is 3. The third kappa shape index (κ3) is 8.96. The van der Waals surface area contributed by atoms with Crippen molar-refractivity contribution in [1.29, 1.82) is 0 Å². The van der Waals surface area contributed by atoms with Crippen molar-refractivity contribution in [3.8, 4) is 0 Å². The molecule has 1 rings (SSSR count). The Hall–Kier alpha value is -2.01. The van der Waals surface area contributed by atoms with Crippen molar-refractivity contribution < 1.29 is 28.6 Å². The van der Waals surface area contributed by atoms with Gasteiger partial charge in [0.05, 0.1) is 67.6 Å². The second-order valence-electron chi connectivity index (χ2n) is 6.57. The molecule has 1 aliphatic heterocycles. The van der Waals surface area contributed by atoms with Crippen LogP contribution in [0.2, 0.25) is 0 Å². The average molecular weight is 386 g/mol. The van der Waals surface area contributed by atoms with Gasteiger partial charge in [0.2, 0.25) is 0 Å². The van der Waals surface area contributed by atoms with Gasteiger partial charge >= 0.3 is 17.9 Å². The zero-order valence-electron chi connectivity index (χ0n) is 16.6. The Morgan fingerprint density at radius 1 is 0.667 bits per heavy atom. The van der Waals surface area contributed by atoms with Gasteiger partial charge in [-0.25, -0.2) is 0 Å². The van der Waals surface area contributed by atoms with Crippen LogP contribution < -0.4 is 0 Å². The van der Waals surface area contributed by atoms with Crippen LogP contribution in [0.4, 0.5) is 0 Å². The molecule has 154 valence electrons. The van der Waals surface area contributed by atoms with Gasteiger partial charge in [-0.2, -0.15) is 0 Å². The summed E-state index contributed by atoms with van der Waals surface area (Å²) in [5.74, 6) is -1.13. The zero-order chi connectivity index (χ0) is 20.4. The fourth-order valence-electron chi connectivity index (χ4n) is 2.83. The van der Waals surface area contributed by atoms with Crippen LogP contribution in [0.5, 0.6) is 0 Å². The van der Waals surface area contributed by atoms with Gasteiger partial charge in [0.25, 0.3) is 0 Å². The molecule has 0 N–H and O–H groups in total. The van der Waals surface area contributed by atoms with Crippen molar-refractivity contribution in [3.05, 3.63) is 12.2 Å². The van der Waals surface area contributed by atoms with Crippen molar-refractivity contribution in [2.75, 3.05) is 74.2 Å². The van der Waals surface area contributed by atoms with E-state index in [4.69, 9.17) is 14.2 Å². The van der Waals surface area contributed by atoms with E-state index < -0.39 is 5.97 Å². The lowest BCUT2D eigenvalue weighted by atomic mass is 10.3. The lowest BCUT2D eigenvalue weighted by Gasteiger charge is -2.41. The molecule has 0 amide bonds. The first-order chi connectivity index (χ1) is 12.8. The molecule has 1 fully saturated rings. The molecule has 27 heavy (non-hydrogen) atoms. The van der Waals surface area contributed by atoms with E-state index in [1.165, 1.54) is 21.3 Å². The Balaban J connectivity index is 2.98. The van der Waals surface area contributed by atoms with Crippen molar-refractivity contribution in [2.45, 2.75) is 6.92 Å². The zero-order valence-corrected chi connectivity index (χ0v) is 16.6. The molecule has 1 saturated heterocycles. The predicted molar refractivity (Wildman–Crippen MR) is 97.2 cm³/mol. The first-order valence-electron chi connectivity index (χ1n) is 8.51. The molecule has 1 heterocycles. The second kappa shape index (κ2) is 11.7. The first-order valence-corrected chi connectivity index (χ1v) is 8.51. The van der Waals surface area contributed by atoms with Crippen LogP contribution in [0, 0.1) is 0 Å². The molecule has 0 aliphatic carbocycles. The Bertz CT molecular complexity index is 512. The number of hydrogen-bond donors (Lipinski definition) is 0. The second-order valence-corrected chi connectivity index (χ2v) is 6.57. The van der Waals surface area contributed by atoms with Crippen molar-refractivity contribution in [1.82, 2.24) is 19.6 Å². The number of hydrogen-bond acceptors (Lipinski definition) is 10. The summed E-state index contributed by atoms with van der Waals surface area (Å²) in [5, 5.41) is 0. The third-order valence-corrected chi connectivity index (χ3v) is 3.83. The van der Waals surface area contributed by atoms with Gasteiger partial charge in [0, 0.05) is 6.54 Å². The Kier molecular flexibility index (Phi) is 9.94. The summed E-state index contributed by atoms with van der Waals surface area (Å²) < 4.78 is 14.3. The largest absolute Gasteiger partial charge is 0.468 e. The van der Waals surface area contributed by atoms with E-state index in [1.807, 2.05) is 16.7 Å². The van der Waals surface area contributed by atoms with E-state index >= 15 is 0 Å². The van der Waals surface area contributed by atoms with Crippen molar-refractivity contribution in [2.24, 2.45) is 0 Å². The summed E-state index contributed by atoms with van der Waals surface area (Å²) in [5.41, 5.74) is 0.957. The molecule has 0 spiro atoms. The highest BCUT2D eigenvalue weighted by molar-refractivity contribution is 5.72. The van der Waals surface area contributed by atoms with Crippen molar-refractivity contribution in [3.63, 3.8) is 0 Å². The molecular weight excluding hydrogens is 356 g/mol. The van der Waals surface area contributed by atoms with Gasteiger partial charge in [-0.05, 0) is 6.92 Å². The summed E-state index contributed by atoms with van der Waals surface area (Å²) in [4.78, 5) is 42.9. The third-order valence-electron chi connectivity index (χ3n) is 3.83. The predicted octanol–water partition coefficient (Wildman–Crippen LogP) is -0.867. The van der Waals surface area contributed by atoms with Crippen LogP contribution in [0.25, 0.3) is 0 Å². The van der Waals surface area contributed by atoms with E-state index in [-0.39, 0.29) is 31.6 Å². The maximum absolute atomic E-state index is 11.8.